The minimum atomic E-state index is -0.794. The molecule has 1 atom stereocenters. The average Bonchev–Trinajstić information content (AvgIpc) is 3.12. The lowest BCUT2D eigenvalue weighted by atomic mass is 10.0. The molecule has 0 amide bonds. The van der Waals surface area contributed by atoms with Gasteiger partial charge in [0.15, 0.2) is 6.10 Å². The molecule has 0 saturated carbocycles. The van der Waals surface area contributed by atoms with Crippen LogP contribution in [0.4, 0.5) is 0 Å². The molecule has 0 aliphatic heterocycles. The first kappa shape index (κ1) is 48.1. The zero-order valence-corrected chi connectivity index (χ0v) is 33.2. The molecule has 0 aromatic rings. The van der Waals surface area contributed by atoms with E-state index < -0.39 is 6.10 Å². The summed E-state index contributed by atoms with van der Waals surface area (Å²) in [7, 11) is 0. The molecule has 0 saturated heterocycles. The molecular weight excluding hydrogens is 620 g/mol. The zero-order chi connectivity index (χ0) is 36.4. The number of rotatable bonds is 39. The maximum atomic E-state index is 12.2. The summed E-state index contributed by atoms with van der Waals surface area (Å²) in [6, 6.07) is 0. The summed E-state index contributed by atoms with van der Waals surface area (Å²) in [5, 5.41) is 9.56. The summed E-state index contributed by atoms with van der Waals surface area (Å²) < 4.78 is 10.6. The standard InChI is InChI=1S/C45H82O5/c1-3-5-7-9-11-13-15-17-19-21-22-24-25-27-29-31-33-35-37-39-44(47)49-42-43(41-46)50-45(48)40-38-36-34-32-30-28-26-23-20-18-16-14-12-10-8-6-4-2/h18,20,26,28,32,34,43,46H,3-17,19,21-25,27,29-31,33,35-42H2,1-2H3. The van der Waals surface area contributed by atoms with Crippen molar-refractivity contribution in [3.05, 3.63) is 36.5 Å². The monoisotopic (exact) mass is 703 g/mol. The van der Waals surface area contributed by atoms with Gasteiger partial charge in [-0.2, -0.15) is 0 Å². The maximum absolute atomic E-state index is 12.2. The van der Waals surface area contributed by atoms with Crippen molar-refractivity contribution in [2.24, 2.45) is 0 Å². The molecule has 292 valence electrons. The highest BCUT2D eigenvalue weighted by molar-refractivity contribution is 5.70. The van der Waals surface area contributed by atoms with E-state index in [2.05, 4.69) is 50.3 Å². The Morgan fingerprint density at radius 2 is 0.820 bits per heavy atom. The van der Waals surface area contributed by atoms with Gasteiger partial charge in [-0.1, -0.05) is 198 Å². The third kappa shape index (κ3) is 38.9. The summed E-state index contributed by atoms with van der Waals surface area (Å²) in [6.07, 6.45) is 50.8. The fourth-order valence-electron chi connectivity index (χ4n) is 6.16. The number of carbonyl (C=O) groups excluding carboxylic acids is 2. The van der Waals surface area contributed by atoms with Gasteiger partial charge in [0.25, 0.3) is 0 Å². The highest BCUT2D eigenvalue weighted by Crippen LogP contribution is 2.15. The van der Waals surface area contributed by atoms with Crippen LogP contribution < -0.4 is 0 Å². The molecule has 1 N–H and O–H groups in total. The molecule has 0 aromatic heterocycles. The molecule has 0 aliphatic rings. The van der Waals surface area contributed by atoms with Gasteiger partial charge in [0.2, 0.25) is 0 Å². The Balaban J connectivity index is 3.58. The predicted molar refractivity (Wildman–Crippen MR) is 214 cm³/mol. The SMILES string of the molecule is CCCCCCCCC=CCC=CCC=CCCCC(=O)OC(CO)COC(=O)CCCCCCCCCCCCCCCCCCCCC. The number of ether oxygens (including phenoxy) is 2. The molecule has 0 bridgehead atoms. The van der Waals surface area contributed by atoms with E-state index in [4.69, 9.17) is 9.47 Å². The van der Waals surface area contributed by atoms with Crippen molar-refractivity contribution in [2.75, 3.05) is 13.2 Å². The summed E-state index contributed by atoms with van der Waals surface area (Å²) in [6.45, 7) is 4.11. The summed E-state index contributed by atoms with van der Waals surface area (Å²) >= 11 is 0. The third-order valence-corrected chi connectivity index (χ3v) is 9.44. The first-order valence-corrected chi connectivity index (χ1v) is 21.5. The quantitative estimate of drug-likeness (QED) is 0.0392. The summed E-state index contributed by atoms with van der Waals surface area (Å²) in [5.74, 6) is -0.644. The van der Waals surface area contributed by atoms with Crippen LogP contribution in [0.1, 0.15) is 219 Å². The van der Waals surface area contributed by atoms with Crippen molar-refractivity contribution in [1.82, 2.24) is 0 Å². The first-order chi connectivity index (χ1) is 24.6. The third-order valence-electron chi connectivity index (χ3n) is 9.44. The van der Waals surface area contributed by atoms with E-state index in [1.54, 1.807) is 0 Å². The van der Waals surface area contributed by atoms with Crippen LogP contribution in [0.25, 0.3) is 0 Å². The lowest BCUT2D eigenvalue weighted by Crippen LogP contribution is -2.28. The normalized spacial score (nSPS) is 12.5. The van der Waals surface area contributed by atoms with Crippen LogP contribution in [-0.2, 0) is 19.1 Å². The summed E-state index contributed by atoms with van der Waals surface area (Å²) in [4.78, 5) is 24.3. The molecule has 0 fully saturated rings. The summed E-state index contributed by atoms with van der Waals surface area (Å²) in [5.41, 5.74) is 0. The van der Waals surface area contributed by atoms with Crippen molar-refractivity contribution in [1.29, 1.82) is 0 Å². The van der Waals surface area contributed by atoms with Crippen molar-refractivity contribution < 1.29 is 24.2 Å². The minimum absolute atomic E-state index is 0.0827. The van der Waals surface area contributed by atoms with Crippen LogP contribution in [0.2, 0.25) is 0 Å². The average molecular weight is 703 g/mol. The number of carbonyl (C=O) groups is 2. The molecule has 5 heteroatoms. The van der Waals surface area contributed by atoms with Crippen LogP contribution in [0.15, 0.2) is 36.5 Å². The second kappa shape index (κ2) is 41.5. The molecule has 0 radical (unpaired) electrons. The largest absolute Gasteiger partial charge is 0.462 e. The van der Waals surface area contributed by atoms with E-state index in [9.17, 15) is 14.7 Å². The zero-order valence-electron chi connectivity index (χ0n) is 33.2. The van der Waals surface area contributed by atoms with E-state index in [0.29, 0.717) is 12.8 Å². The van der Waals surface area contributed by atoms with E-state index in [1.165, 1.54) is 148 Å². The maximum Gasteiger partial charge on any atom is 0.306 e. The van der Waals surface area contributed by atoms with E-state index in [0.717, 1.165) is 38.5 Å². The van der Waals surface area contributed by atoms with Gasteiger partial charge in [0.05, 0.1) is 6.61 Å². The van der Waals surface area contributed by atoms with Gasteiger partial charge in [-0.3, -0.25) is 9.59 Å². The Hall–Kier alpha value is -1.88. The number of unbranched alkanes of at least 4 members (excludes halogenated alkanes) is 25. The number of hydrogen-bond donors (Lipinski definition) is 1. The fraction of sp³-hybridized carbons (Fsp3) is 0.822. The van der Waals surface area contributed by atoms with E-state index in [-0.39, 0.29) is 31.6 Å². The molecule has 0 rings (SSSR count). The number of hydrogen-bond acceptors (Lipinski definition) is 5. The topological polar surface area (TPSA) is 72.8 Å². The van der Waals surface area contributed by atoms with Crippen LogP contribution in [0, 0.1) is 0 Å². The molecule has 5 nitrogen and oxygen atoms in total. The molecular formula is C45H82O5. The molecule has 1 unspecified atom stereocenters. The van der Waals surface area contributed by atoms with Crippen molar-refractivity contribution >= 4 is 11.9 Å². The van der Waals surface area contributed by atoms with E-state index in [1.807, 2.05) is 0 Å². The van der Waals surface area contributed by atoms with Gasteiger partial charge < -0.3 is 14.6 Å². The van der Waals surface area contributed by atoms with Gasteiger partial charge >= 0.3 is 11.9 Å². The lowest BCUT2D eigenvalue weighted by Gasteiger charge is -2.15. The van der Waals surface area contributed by atoms with Crippen LogP contribution in [0.3, 0.4) is 0 Å². The molecule has 0 aliphatic carbocycles. The van der Waals surface area contributed by atoms with Crippen molar-refractivity contribution in [3.8, 4) is 0 Å². The Kier molecular flexibility index (Phi) is 40.0. The number of esters is 2. The predicted octanol–water partition coefficient (Wildman–Crippen LogP) is 13.6. The minimum Gasteiger partial charge on any atom is -0.462 e. The Morgan fingerprint density at radius 3 is 1.26 bits per heavy atom. The van der Waals surface area contributed by atoms with E-state index >= 15 is 0 Å². The molecule has 0 spiro atoms. The highest BCUT2D eigenvalue weighted by atomic mass is 16.6. The van der Waals surface area contributed by atoms with Gasteiger partial charge in [0.1, 0.15) is 6.61 Å². The van der Waals surface area contributed by atoms with Gasteiger partial charge in [-0.05, 0) is 44.9 Å². The Morgan fingerprint density at radius 1 is 0.460 bits per heavy atom. The van der Waals surface area contributed by atoms with Crippen LogP contribution in [-0.4, -0.2) is 36.4 Å². The van der Waals surface area contributed by atoms with Crippen LogP contribution >= 0.6 is 0 Å². The number of allylic oxidation sites excluding steroid dienone is 6. The van der Waals surface area contributed by atoms with Crippen LogP contribution in [0.5, 0.6) is 0 Å². The highest BCUT2D eigenvalue weighted by Gasteiger charge is 2.16. The van der Waals surface area contributed by atoms with Gasteiger partial charge in [0, 0.05) is 12.8 Å². The second-order valence-electron chi connectivity index (χ2n) is 14.4. The fourth-order valence-corrected chi connectivity index (χ4v) is 6.16. The second-order valence-corrected chi connectivity index (χ2v) is 14.4. The smallest absolute Gasteiger partial charge is 0.306 e. The Bertz CT molecular complexity index is 801. The first-order valence-electron chi connectivity index (χ1n) is 21.5. The molecule has 0 heterocycles. The van der Waals surface area contributed by atoms with Gasteiger partial charge in [-0.25, -0.2) is 0 Å². The lowest BCUT2D eigenvalue weighted by molar-refractivity contribution is -0.161. The number of aliphatic hydroxyl groups excluding tert-OH is 1. The molecule has 50 heavy (non-hydrogen) atoms. The van der Waals surface area contributed by atoms with Crippen molar-refractivity contribution in [2.45, 2.75) is 225 Å². The van der Waals surface area contributed by atoms with Gasteiger partial charge in [-0.15, -0.1) is 0 Å². The molecule has 0 aromatic carbocycles. The van der Waals surface area contributed by atoms with Crippen molar-refractivity contribution in [3.63, 3.8) is 0 Å². The number of aliphatic hydroxyl groups is 1. The Labute approximate surface area is 310 Å².